The van der Waals surface area contributed by atoms with Crippen molar-refractivity contribution in [3.63, 3.8) is 0 Å². The number of ether oxygens (including phenoxy) is 1. The zero-order valence-corrected chi connectivity index (χ0v) is 15.5. The molecule has 0 bridgehead atoms. The second-order valence-corrected chi connectivity index (χ2v) is 6.71. The Hall–Kier alpha value is -2.04. The highest BCUT2D eigenvalue weighted by molar-refractivity contribution is 6.30. The number of hydrazone groups is 1. The number of methoxy groups -OCH3 is 1. The molecular formula is C20H24ClN3O. The Kier molecular flexibility index (Phi) is 5.95. The predicted octanol–water partition coefficient (Wildman–Crippen LogP) is 3.89. The smallest absolute Gasteiger partial charge is 0.118 e. The molecule has 2 aromatic rings. The zero-order valence-electron chi connectivity index (χ0n) is 14.8. The number of hydrogen-bond donors (Lipinski definition) is 0. The first kappa shape index (κ1) is 17.8. The van der Waals surface area contributed by atoms with Crippen LogP contribution in [-0.2, 0) is 6.54 Å². The van der Waals surface area contributed by atoms with Gasteiger partial charge in [-0.3, -0.25) is 9.91 Å². The molecule has 0 amide bonds. The summed E-state index contributed by atoms with van der Waals surface area (Å²) in [4.78, 5) is 2.46. The molecule has 1 aliphatic rings. The third-order valence-corrected chi connectivity index (χ3v) is 4.72. The number of halogens is 1. The first-order valence-electron chi connectivity index (χ1n) is 8.55. The molecule has 5 heteroatoms. The van der Waals surface area contributed by atoms with Crippen molar-refractivity contribution >= 4 is 17.3 Å². The van der Waals surface area contributed by atoms with Crippen LogP contribution in [0.2, 0.25) is 5.02 Å². The van der Waals surface area contributed by atoms with Crippen molar-refractivity contribution in [1.29, 1.82) is 0 Å². The van der Waals surface area contributed by atoms with E-state index in [2.05, 4.69) is 41.1 Å². The van der Waals surface area contributed by atoms with Gasteiger partial charge in [0, 0.05) is 37.7 Å². The van der Waals surface area contributed by atoms with E-state index in [0.29, 0.717) is 0 Å². The van der Waals surface area contributed by atoms with Gasteiger partial charge >= 0.3 is 0 Å². The van der Waals surface area contributed by atoms with Gasteiger partial charge in [-0.25, -0.2) is 0 Å². The van der Waals surface area contributed by atoms with Crippen LogP contribution >= 0.6 is 11.6 Å². The summed E-state index contributed by atoms with van der Waals surface area (Å²) < 4.78 is 5.20. The molecule has 0 aromatic heterocycles. The maximum Gasteiger partial charge on any atom is 0.118 e. The van der Waals surface area contributed by atoms with Crippen molar-refractivity contribution in [2.75, 3.05) is 33.3 Å². The fourth-order valence-electron chi connectivity index (χ4n) is 2.95. The molecular weight excluding hydrogens is 334 g/mol. The summed E-state index contributed by atoms with van der Waals surface area (Å²) >= 11 is 5.95. The van der Waals surface area contributed by atoms with E-state index in [1.54, 1.807) is 7.11 Å². The Morgan fingerprint density at radius 1 is 1.00 bits per heavy atom. The van der Waals surface area contributed by atoms with Crippen molar-refractivity contribution < 1.29 is 4.74 Å². The van der Waals surface area contributed by atoms with Gasteiger partial charge in [0.15, 0.2) is 0 Å². The molecule has 1 saturated heterocycles. The zero-order chi connectivity index (χ0) is 17.6. The lowest BCUT2D eigenvalue weighted by molar-refractivity contribution is 0.130. The van der Waals surface area contributed by atoms with Crippen LogP contribution in [0.15, 0.2) is 53.6 Å². The SMILES string of the molecule is COc1ccc(/C(C)=N\N2CCN(Cc3ccc(Cl)cc3)CC2)cc1. The molecule has 0 spiro atoms. The Bertz CT molecular complexity index is 705. The molecule has 1 fully saturated rings. The minimum atomic E-state index is 0.789. The molecule has 25 heavy (non-hydrogen) atoms. The summed E-state index contributed by atoms with van der Waals surface area (Å²) in [6.45, 7) is 6.94. The lowest BCUT2D eigenvalue weighted by Gasteiger charge is -2.33. The lowest BCUT2D eigenvalue weighted by Crippen LogP contribution is -2.43. The number of rotatable bonds is 5. The minimum absolute atomic E-state index is 0.789. The van der Waals surface area contributed by atoms with Crippen molar-refractivity contribution in [2.24, 2.45) is 5.10 Å². The van der Waals surface area contributed by atoms with Crippen molar-refractivity contribution in [3.05, 3.63) is 64.7 Å². The maximum atomic E-state index is 5.95. The van der Waals surface area contributed by atoms with E-state index in [-0.39, 0.29) is 0 Å². The van der Waals surface area contributed by atoms with Gasteiger partial charge in [0.1, 0.15) is 5.75 Å². The Labute approximate surface area is 154 Å². The van der Waals surface area contributed by atoms with Crippen LogP contribution in [0, 0.1) is 0 Å². The largest absolute Gasteiger partial charge is 0.497 e. The van der Waals surface area contributed by atoms with Gasteiger partial charge in [-0.2, -0.15) is 5.10 Å². The Morgan fingerprint density at radius 2 is 1.64 bits per heavy atom. The summed E-state index contributed by atoms with van der Waals surface area (Å²) in [5.41, 5.74) is 3.47. The Balaban J connectivity index is 1.53. The van der Waals surface area contributed by atoms with Gasteiger partial charge in [0.2, 0.25) is 0 Å². The van der Waals surface area contributed by atoms with Crippen LogP contribution in [0.3, 0.4) is 0 Å². The molecule has 0 saturated carbocycles. The van der Waals surface area contributed by atoms with E-state index < -0.39 is 0 Å². The van der Waals surface area contributed by atoms with Crippen molar-refractivity contribution in [1.82, 2.24) is 9.91 Å². The molecule has 0 atom stereocenters. The third kappa shape index (κ3) is 4.97. The summed E-state index contributed by atoms with van der Waals surface area (Å²) in [7, 11) is 1.68. The average molecular weight is 358 g/mol. The molecule has 132 valence electrons. The van der Waals surface area contributed by atoms with E-state index in [0.717, 1.165) is 54.8 Å². The summed E-state index contributed by atoms with van der Waals surface area (Å²) in [6.07, 6.45) is 0. The first-order chi connectivity index (χ1) is 12.1. The van der Waals surface area contributed by atoms with E-state index in [1.807, 2.05) is 24.3 Å². The fourth-order valence-corrected chi connectivity index (χ4v) is 3.07. The number of benzene rings is 2. The van der Waals surface area contributed by atoms with Crippen LogP contribution in [0.5, 0.6) is 5.75 Å². The fraction of sp³-hybridized carbons (Fsp3) is 0.350. The standard InChI is InChI=1S/C20H24ClN3O/c1-16(18-5-9-20(25-2)10-6-18)22-24-13-11-23(12-14-24)15-17-3-7-19(21)8-4-17/h3-10H,11-15H2,1-2H3/b22-16-. The summed E-state index contributed by atoms with van der Waals surface area (Å²) in [5.74, 6) is 0.868. The van der Waals surface area contributed by atoms with E-state index in [1.165, 1.54) is 5.56 Å². The van der Waals surface area contributed by atoms with Crippen LogP contribution in [0.4, 0.5) is 0 Å². The van der Waals surface area contributed by atoms with Gasteiger partial charge in [-0.1, -0.05) is 23.7 Å². The highest BCUT2D eigenvalue weighted by atomic mass is 35.5. The molecule has 4 nitrogen and oxygen atoms in total. The number of piperazine rings is 1. The first-order valence-corrected chi connectivity index (χ1v) is 8.93. The number of hydrogen-bond acceptors (Lipinski definition) is 4. The molecule has 0 unspecified atom stereocenters. The molecule has 1 aliphatic heterocycles. The van der Waals surface area contributed by atoms with Crippen molar-refractivity contribution in [3.8, 4) is 5.75 Å². The summed E-state index contributed by atoms with van der Waals surface area (Å²) in [6, 6.07) is 16.1. The highest BCUT2D eigenvalue weighted by Gasteiger charge is 2.16. The van der Waals surface area contributed by atoms with Crippen molar-refractivity contribution in [2.45, 2.75) is 13.5 Å². The minimum Gasteiger partial charge on any atom is -0.497 e. The second kappa shape index (κ2) is 8.37. The topological polar surface area (TPSA) is 28.1 Å². The molecule has 0 radical (unpaired) electrons. The summed E-state index contributed by atoms with van der Waals surface area (Å²) in [5, 5.41) is 7.73. The highest BCUT2D eigenvalue weighted by Crippen LogP contribution is 2.15. The maximum absolute atomic E-state index is 5.95. The van der Waals surface area contributed by atoms with Gasteiger partial charge < -0.3 is 4.74 Å². The normalized spacial score (nSPS) is 16.1. The van der Waals surface area contributed by atoms with E-state index >= 15 is 0 Å². The average Bonchev–Trinajstić information content (AvgIpc) is 2.65. The van der Waals surface area contributed by atoms with Crippen LogP contribution in [0.1, 0.15) is 18.1 Å². The van der Waals surface area contributed by atoms with Gasteiger partial charge in [-0.15, -0.1) is 0 Å². The molecule has 1 heterocycles. The van der Waals surface area contributed by atoms with E-state index in [4.69, 9.17) is 21.4 Å². The monoisotopic (exact) mass is 357 g/mol. The van der Waals surface area contributed by atoms with E-state index in [9.17, 15) is 0 Å². The second-order valence-electron chi connectivity index (χ2n) is 6.27. The molecule has 3 rings (SSSR count). The van der Waals surface area contributed by atoms with Crippen LogP contribution in [0.25, 0.3) is 0 Å². The van der Waals surface area contributed by atoms with Crippen LogP contribution < -0.4 is 4.74 Å². The molecule has 0 N–H and O–H groups in total. The molecule has 0 aliphatic carbocycles. The van der Waals surface area contributed by atoms with Crippen LogP contribution in [-0.4, -0.2) is 48.9 Å². The molecule has 2 aromatic carbocycles. The lowest BCUT2D eigenvalue weighted by atomic mass is 10.1. The number of nitrogens with zero attached hydrogens (tertiary/aromatic N) is 3. The van der Waals surface area contributed by atoms with Gasteiger partial charge in [-0.05, 0) is 54.4 Å². The third-order valence-electron chi connectivity index (χ3n) is 4.47. The van der Waals surface area contributed by atoms with Gasteiger partial charge in [0.25, 0.3) is 0 Å². The van der Waals surface area contributed by atoms with Gasteiger partial charge in [0.05, 0.1) is 12.8 Å². The predicted molar refractivity (Wildman–Crippen MR) is 104 cm³/mol. The quantitative estimate of drug-likeness (QED) is 0.760. The Morgan fingerprint density at radius 3 is 2.24 bits per heavy atom.